The molecule has 2 aliphatic rings. The summed E-state index contributed by atoms with van der Waals surface area (Å²) in [4.78, 5) is 39.6. The van der Waals surface area contributed by atoms with Gasteiger partial charge in [-0.3, -0.25) is 9.59 Å². The van der Waals surface area contributed by atoms with Gasteiger partial charge in [0.25, 0.3) is 0 Å². The average Bonchev–Trinajstić information content (AvgIpc) is 2.68. The van der Waals surface area contributed by atoms with E-state index < -0.39 is 5.97 Å². The summed E-state index contributed by atoms with van der Waals surface area (Å²) in [5.74, 6) is -0.501. The van der Waals surface area contributed by atoms with Gasteiger partial charge < -0.3 is 14.9 Å². The summed E-state index contributed by atoms with van der Waals surface area (Å²) >= 11 is 0. The number of nitrogens with zero attached hydrogens (tertiary/aromatic N) is 2. The van der Waals surface area contributed by atoms with Crippen molar-refractivity contribution < 1.29 is 19.5 Å². The summed E-state index contributed by atoms with van der Waals surface area (Å²) < 4.78 is 0. The summed E-state index contributed by atoms with van der Waals surface area (Å²) in [6.45, 7) is 2.37. The molecule has 0 unspecified atom stereocenters. The number of amides is 2. The second kappa shape index (κ2) is 8.34. The minimum Gasteiger partial charge on any atom is -0.478 e. The maximum absolute atomic E-state index is 12.6. The largest absolute Gasteiger partial charge is 0.478 e. The Morgan fingerprint density at radius 2 is 1.46 bits per heavy atom. The molecule has 1 aliphatic carbocycles. The van der Waals surface area contributed by atoms with Gasteiger partial charge in [0.05, 0.1) is 12.0 Å². The molecule has 6 nitrogen and oxygen atoms in total. The monoisotopic (exact) mass is 358 g/mol. The molecular formula is C20H26N2O4. The van der Waals surface area contributed by atoms with E-state index in [1.54, 1.807) is 17.0 Å². The zero-order valence-corrected chi connectivity index (χ0v) is 15.0. The highest BCUT2D eigenvalue weighted by molar-refractivity contribution is 5.88. The second-order valence-corrected chi connectivity index (χ2v) is 7.22. The van der Waals surface area contributed by atoms with E-state index >= 15 is 0 Å². The van der Waals surface area contributed by atoms with Crippen molar-refractivity contribution in [1.29, 1.82) is 0 Å². The van der Waals surface area contributed by atoms with Crippen LogP contribution in [0.5, 0.6) is 0 Å². The summed E-state index contributed by atoms with van der Waals surface area (Å²) in [5, 5.41) is 8.92. The number of carboxylic acid groups (broad SMARTS) is 1. The van der Waals surface area contributed by atoms with E-state index in [9.17, 15) is 14.4 Å². The second-order valence-electron chi connectivity index (χ2n) is 7.22. The van der Waals surface area contributed by atoms with E-state index in [4.69, 9.17) is 5.11 Å². The van der Waals surface area contributed by atoms with Crippen molar-refractivity contribution in [1.82, 2.24) is 9.80 Å². The highest BCUT2D eigenvalue weighted by Gasteiger charge is 2.29. The summed E-state index contributed by atoms with van der Waals surface area (Å²) in [7, 11) is 0. The molecule has 1 saturated heterocycles. The standard InChI is InChI=1S/C20H26N2O4/c23-18(14-15-6-8-17(9-7-15)20(25)26)21-10-12-22(13-11-21)19(24)16-4-2-1-3-5-16/h6-9,16H,1-5,10-14H2,(H,25,26). The molecule has 2 amide bonds. The van der Waals surface area contributed by atoms with Crippen LogP contribution in [0.15, 0.2) is 24.3 Å². The van der Waals surface area contributed by atoms with Crippen LogP contribution in [0.4, 0.5) is 0 Å². The van der Waals surface area contributed by atoms with Gasteiger partial charge in [0, 0.05) is 32.1 Å². The van der Waals surface area contributed by atoms with E-state index in [2.05, 4.69) is 0 Å². The molecule has 1 saturated carbocycles. The lowest BCUT2D eigenvalue weighted by Gasteiger charge is -2.37. The topological polar surface area (TPSA) is 77.9 Å². The maximum atomic E-state index is 12.6. The van der Waals surface area contributed by atoms with Crippen LogP contribution in [-0.2, 0) is 16.0 Å². The molecule has 1 aromatic carbocycles. The van der Waals surface area contributed by atoms with Crippen LogP contribution in [-0.4, -0.2) is 58.9 Å². The molecule has 1 aliphatic heterocycles. The van der Waals surface area contributed by atoms with Crippen molar-refractivity contribution in [2.75, 3.05) is 26.2 Å². The Bertz CT molecular complexity index is 657. The number of hydrogen-bond donors (Lipinski definition) is 1. The first kappa shape index (κ1) is 18.4. The van der Waals surface area contributed by atoms with Crippen LogP contribution < -0.4 is 0 Å². The van der Waals surface area contributed by atoms with Crippen molar-refractivity contribution in [3.05, 3.63) is 35.4 Å². The van der Waals surface area contributed by atoms with Gasteiger partial charge >= 0.3 is 5.97 Å². The molecule has 1 heterocycles. The van der Waals surface area contributed by atoms with Gasteiger partial charge in [-0.2, -0.15) is 0 Å². The first-order valence-corrected chi connectivity index (χ1v) is 9.43. The number of piperazine rings is 1. The third-order valence-corrected chi connectivity index (χ3v) is 5.45. The van der Waals surface area contributed by atoms with E-state index in [1.807, 2.05) is 4.90 Å². The minimum atomic E-state index is -0.971. The van der Waals surface area contributed by atoms with Crippen molar-refractivity contribution in [2.45, 2.75) is 38.5 Å². The molecule has 1 N–H and O–H groups in total. The first-order chi connectivity index (χ1) is 12.5. The van der Waals surface area contributed by atoms with E-state index in [1.165, 1.54) is 18.6 Å². The fourth-order valence-corrected chi connectivity index (χ4v) is 3.84. The van der Waals surface area contributed by atoms with Crippen LogP contribution in [0.3, 0.4) is 0 Å². The van der Waals surface area contributed by atoms with Crippen LogP contribution in [0, 0.1) is 5.92 Å². The van der Waals surface area contributed by atoms with Gasteiger partial charge in [0.2, 0.25) is 11.8 Å². The van der Waals surface area contributed by atoms with E-state index in [-0.39, 0.29) is 29.7 Å². The van der Waals surface area contributed by atoms with Gasteiger partial charge in [-0.15, -0.1) is 0 Å². The Morgan fingerprint density at radius 1 is 0.885 bits per heavy atom. The number of hydrogen-bond acceptors (Lipinski definition) is 3. The lowest BCUT2D eigenvalue weighted by Crippen LogP contribution is -2.52. The predicted octanol–water partition coefficient (Wildman–Crippen LogP) is 2.18. The maximum Gasteiger partial charge on any atom is 0.335 e. The summed E-state index contributed by atoms with van der Waals surface area (Å²) in [5.41, 5.74) is 1.02. The SMILES string of the molecule is O=C(O)c1ccc(CC(=O)N2CCN(C(=O)C3CCCCC3)CC2)cc1. The van der Waals surface area contributed by atoms with Crippen LogP contribution in [0.25, 0.3) is 0 Å². The van der Waals surface area contributed by atoms with E-state index in [0.29, 0.717) is 26.2 Å². The normalized spacial score (nSPS) is 18.6. The number of rotatable bonds is 4. The van der Waals surface area contributed by atoms with Gasteiger partial charge in [-0.05, 0) is 30.5 Å². The molecule has 26 heavy (non-hydrogen) atoms. The molecular weight excluding hydrogens is 332 g/mol. The number of aromatic carboxylic acids is 1. The van der Waals surface area contributed by atoms with Gasteiger partial charge in [-0.25, -0.2) is 4.79 Å². The van der Waals surface area contributed by atoms with Crippen molar-refractivity contribution in [3.8, 4) is 0 Å². The zero-order valence-electron chi connectivity index (χ0n) is 15.0. The zero-order chi connectivity index (χ0) is 18.5. The average molecular weight is 358 g/mol. The molecule has 140 valence electrons. The van der Waals surface area contributed by atoms with Crippen molar-refractivity contribution in [2.24, 2.45) is 5.92 Å². The summed E-state index contributed by atoms with van der Waals surface area (Å²) in [6.07, 6.45) is 5.80. The fourth-order valence-electron chi connectivity index (χ4n) is 3.84. The van der Waals surface area contributed by atoms with Crippen LogP contribution in [0.1, 0.15) is 48.0 Å². The Morgan fingerprint density at radius 3 is 2.04 bits per heavy atom. The third-order valence-electron chi connectivity index (χ3n) is 5.45. The van der Waals surface area contributed by atoms with Crippen LogP contribution >= 0.6 is 0 Å². The fraction of sp³-hybridized carbons (Fsp3) is 0.550. The molecule has 0 radical (unpaired) electrons. The molecule has 0 atom stereocenters. The highest BCUT2D eigenvalue weighted by Crippen LogP contribution is 2.25. The predicted molar refractivity (Wildman–Crippen MR) is 96.8 cm³/mol. The minimum absolute atomic E-state index is 0.0258. The molecule has 0 bridgehead atoms. The quantitative estimate of drug-likeness (QED) is 0.895. The molecule has 2 fully saturated rings. The number of carbonyl (C=O) groups excluding carboxylic acids is 2. The van der Waals surface area contributed by atoms with E-state index in [0.717, 1.165) is 31.2 Å². The van der Waals surface area contributed by atoms with Crippen LogP contribution in [0.2, 0.25) is 0 Å². The van der Waals surface area contributed by atoms with Gasteiger partial charge in [-0.1, -0.05) is 31.4 Å². The highest BCUT2D eigenvalue weighted by atomic mass is 16.4. The van der Waals surface area contributed by atoms with Gasteiger partial charge in [0.15, 0.2) is 0 Å². The lowest BCUT2D eigenvalue weighted by molar-refractivity contribution is -0.142. The Balaban J connectivity index is 1.48. The number of carboxylic acids is 1. The molecule has 0 aromatic heterocycles. The number of carbonyl (C=O) groups is 3. The Hall–Kier alpha value is -2.37. The number of benzene rings is 1. The Labute approximate surface area is 153 Å². The van der Waals surface area contributed by atoms with Gasteiger partial charge in [0.1, 0.15) is 0 Å². The molecule has 3 rings (SSSR count). The molecule has 6 heteroatoms. The van der Waals surface area contributed by atoms with Crippen molar-refractivity contribution in [3.63, 3.8) is 0 Å². The molecule has 0 spiro atoms. The van der Waals surface area contributed by atoms with Crippen molar-refractivity contribution >= 4 is 17.8 Å². The summed E-state index contributed by atoms with van der Waals surface area (Å²) in [6, 6.07) is 6.41. The first-order valence-electron chi connectivity index (χ1n) is 9.43. The Kier molecular flexibility index (Phi) is 5.91. The molecule has 1 aromatic rings. The smallest absolute Gasteiger partial charge is 0.335 e. The lowest BCUT2D eigenvalue weighted by atomic mass is 9.88. The third kappa shape index (κ3) is 4.42.